The van der Waals surface area contributed by atoms with Crippen molar-refractivity contribution in [3.8, 4) is 0 Å². The van der Waals surface area contributed by atoms with Gasteiger partial charge in [0.05, 0.1) is 0 Å². The van der Waals surface area contributed by atoms with Crippen LogP contribution < -0.4 is 15.5 Å². The fourth-order valence-electron chi connectivity index (χ4n) is 3.97. The number of carbonyl (C=O) groups excluding carboxylic acids is 3. The van der Waals surface area contributed by atoms with Gasteiger partial charge in [-0.25, -0.2) is 4.79 Å². The van der Waals surface area contributed by atoms with Gasteiger partial charge in [0.15, 0.2) is 5.82 Å². The number of imide groups is 1. The van der Waals surface area contributed by atoms with E-state index in [4.69, 9.17) is 0 Å². The molecule has 3 aliphatic rings. The molecule has 26 heavy (non-hydrogen) atoms. The highest BCUT2D eigenvalue weighted by Gasteiger charge is 2.55. The lowest BCUT2D eigenvalue weighted by Crippen LogP contribution is -2.52. The summed E-state index contributed by atoms with van der Waals surface area (Å²) in [4.78, 5) is 40.4. The zero-order chi connectivity index (χ0) is 18.3. The Balaban J connectivity index is 1.31. The summed E-state index contributed by atoms with van der Waals surface area (Å²) in [6.07, 6.45) is 4.39. The minimum absolute atomic E-state index is 0.0413. The number of hydrogen-bond donors (Lipinski definition) is 2. The zero-order valence-electron chi connectivity index (χ0n) is 14.9. The number of aromatic nitrogens is 2. The summed E-state index contributed by atoms with van der Waals surface area (Å²) in [5.41, 5.74) is -0.886. The number of anilines is 1. The summed E-state index contributed by atoms with van der Waals surface area (Å²) in [6.45, 7) is 2.77. The first-order valence-electron chi connectivity index (χ1n) is 9.14. The average molecular weight is 360 g/mol. The second kappa shape index (κ2) is 6.30. The molecule has 1 aromatic rings. The zero-order valence-corrected chi connectivity index (χ0v) is 14.9. The number of nitrogens with zero attached hydrogens (tertiary/aromatic N) is 4. The summed E-state index contributed by atoms with van der Waals surface area (Å²) >= 11 is 0. The average Bonchev–Trinajstić information content (AvgIpc) is 3.33. The Morgan fingerprint density at radius 2 is 2.00 bits per heavy atom. The molecule has 0 bridgehead atoms. The Bertz CT molecular complexity index is 735. The number of piperazine rings is 1. The van der Waals surface area contributed by atoms with E-state index in [0.29, 0.717) is 19.5 Å². The van der Waals surface area contributed by atoms with Crippen LogP contribution in [0.25, 0.3) is 0 Å². The molecule has 4 amide bonds. The van der Waals surface area contributed by atoms with Gasteiger partial charge in [-0.2, -0.15) is 5.10 Å². The number of hydrogen-bond acceptors (Lipinski definition) is 5. The molecule has 2 aliphatic heterocycles. The molecular weight excluding hydrogens is 336 g/mol. The van der Waals surface area contributed by atoms with Crippen molar-refractivity contribution in [1.29, 1.82) is 0 Å². The second-order valence-electron chi connectivity index (χ2n) is 7.37. The van der Waals surface area contributed by atoms with Gasteiger partial charge in [-0.05, 0) is 25.2 Å². The maximum absolute atomic E-state index is 12.6. The molecule has 4 rings (SSSR count). The highest BCUT2D eigenvalue weighted by atomic mass is 16.2. The molecule has 2 N–H and O–H groups in total. The molecule has 0 radical (unpaired) electrons. The van der Waals surface area contributed by atoms with E-state index < -0.39 is 11.6 Å². The molecule has 2 saturated heterocycles. The maximum atomic E-state index is 12.6. The van der Waals surface area contributed by atoms with Gasteiger partial charge in [-0.15, -0.1) is 0 Å². The minimum Gasteiger partial charge on any atom is -0.352 e. The molecule has 3 heterocycles. The van der Waals surface area contributed by atoms with Crippen molar-refractivity contribution in [2.24, 2.45) is 13.0 Å². The van der Waals surface area contributed by atoms with Gasteiger partial charge in [0.1, 0.15) is 5.54 Å². The van der Waals surface area contributed by atoms with E-state index >= 15 is 0 Å². The molecule has 9 nitrogen and oxygen atoms in total. The number of urea groups is 1. The third-order valence-corrected chi connectivity index (χ3v) is 5.63. The normalized spacial score (nSPS) is 26.0. The van der Waals surface area contributed by atoms with Crippen molar-refractivity contribution in [3.63, 3.8) is 0 Å². The van der Waals surface area contributed by atoms with Crippen molar-refractivity contribution in [3.05, 3.63) is 12.3 Å². The van der Waals surface area contributed by atoms with Gasteiger partial charge in [-0.1, -0.05) is 0 Å². The van der Waals surface area contributed by atoms with E-state index in [2.05, 4.69) is 20.6 Å². The van der Waals surface area contributed by atoms with E-state index in [-0.39, 0.29) is 24.2 Å². The van der Waals surface area contributed by atoms with Gasteiger partial charge >= 0.3 is 6.03 Å². The predicted molar refractivity (Wildman–Crippen MR) is 93.4 cm³/mol. The first-order chi connectivity index (χ1) is 12.5. The van der Waals surface area contributed by atoms with Crippen LogP contribution in [0.3, 0.4) is 0 Å². The van der Waals surface area contributed by atoms with Crippen molar-refractivity contribution in [1.82, 2.24) is 25.3 Å². The van der Waals surface area contributed by atoms with Gasteiger partial charge in [0.25, 0.3) is 5.91 Å². The van der Waals surface area contributed by atoms with Crippen LogP contribution in [0.2, 0.25) is 0 Å². The van der Waals surface area contributed by atoms with Crippen LogP contribution in [0.5, 0.6) is 0 Å². The van der Waals surface area contributed by atoms with Crippen molar-refractivity contribution >= 4 is 23.7 Å². The summed E-state index contributed by atoms with van der Waals surface area (Å²) in [6, 6.07) is 1.52. The smallest absolute Gasteiger partial charge is 0.322 e. The van der Waals surface area contributed by atoms with Crippen molar-refractivity contribution in [2.75, 3.05) is 31.1 Å². The monoisotopic (exact) mass is 360 g/mol. The molecular formula is C17H24N6O3. The highest BCUT2D eigenvalue weighted by Crippen LogP contribution is 2.43. The van der Waals surface area contributed by atoms with E-state index in [1.807, 2.05) is 24.2 Å². The third kappa shape index (κ3) is 3.02. The number of rotatable bonds is 5. The number of aryl methyl sites for hydroxylation is 1. The SMILES string of the molecule is Cn1ccc(N2CCN(C(=O)CCC3(C4CC4)NC(=O)NC3=O)CC2)n1. The van der Waals surface area contributed by atoms with Gasteiger partial charge in [0.2, 0.25) is 5.91 Å². The van der Waals surface area contributed by atoms with Crippen LogP contribution in [0, 0.1) is 5.92 Å². The highest BCUT2D eigenvalue weighted by molar-refractivity contribution is 6.07. The standard InChI is InChI=1S/C17H24N6O3/c1-21-7-5-13(20-21)22-8-10-23(11-9-22)14(24)4-6-17(12-2-3-12)15(25)18-16(26)19-17/h5,7,12H,2-4,6,8-11H2,1H3,(H2,18,19,25,26). The molecule has 1 saturated carbocycles. The Morgan fingerprint density at radius 1 is 1.27 bits per heavy atom. The summed E-state index contributed by atoms with van der Waals surface area (Å²) < 4.78 is 1.77. The quantitative estimate of drug-likeness (QED) is 0.711. The Labute approximate surface area is 151 Å². The van der Waals surface area contributed by atoms with Gasteiger partial charge < -0.3 is 15.1 Å². The first-order valence-corrected chi connectivity index (χ1v) is 9.14. The fourth-order valence-corrected chi connectivity index (χ4v) is 3.97. The summed E-state index contributed by atoms with van der Waals surface area (Å²) in [5, 5.41) is 9.51. The van der Waals surface area contributed by atoms with E-state index in [1.165, 1.54) is 0 Å². The van der Waals surface area contributed by atoms with Gasteiger partial charge in [-0.3, -0.25) is 19.6 Å². The second-order valence-corrected chi connectivity index (χ2v) is 7.37. The van der Waals surface area contributed by atoms with Crippen LogP contribution in [0.4, 0.5) is 10.6 Å². The van der Waals surface area contributed by atoms with E-state index in [0.717, 1.165) is 31.7 Å². The lowest BCUT2D eigenvalue weighted by molar-refractivity contribution is -0.132. The fraction of sp³-hybridized carbons (Fsp3) is 0.647. The molecule has 1 unspecified atom stereocenters. The molecule has 1 aliphatic carbocycles. The van der Waals surface area contributed by atoms with Crippen molar-refractivity contribution < 1.29 is 14.4 Å². The largest absolute Gasteiger partial charge is 0.352 e. The Hall–Kier alpha value is -2.58. The van der Waals surface area contributed by atoms with Crippen molar-refractivity contribution in [2.45, 2.75) is 31.2 Å². The van der Waals surface area contributed by atoms with E-state index in [9.17, 15) is 14.4 Å². The predicted octanol–water partition coefficient (Wildman–Crippen LogP) is -0.163. The molecule has 9 heteroatoms. The Morgan fingerprint density at radius 3 is 2.54 bits per heavy atom. The summed E-state index contributed by atoms with van der Waals surface area (Å²) in [7, 11) is 1.89. The topological polar surface area (TPSA) is 99.6 Å². The molecule has 1 atom stereocenters. The van der Waals surface area contributed by atoms with Crippen LogP contribution >= 0.6 is 0 Å². The van der Waals surface area contributed by atoms with Gasteiger partial charge in [0, 0.05) is 51.9 Å². The first kappa shape index (κ1) is 16.9. The lowest BCUT2D eigenvalue weighted by Gasteiger charge is -2.35. The Kier molecular flexibility index (Phi) is 4.08. The molecule has 3 fully saturated rings. The third-order valence-electron chi connectivity index (χ3n) is 5.63. The number of carbonyl (C=O) groups is 3. The van der Waals surface area contributed by atoms with E-state index in [1.54, 1.807) is 4.68 Å². The molecule has 140 valence electrons. The minimum atomic E-state index is -0.886. The number of nitrogens with one attached hydrogen (secondary N) is 2. The van der Waals surface area contributed by atoms with Crippen LogP contribution in [-0.4, -0.2) is 64.2 Å². The lowest BCUT2D eigenvalue weighted by atomic mass is 9.87. The molecule has 1 aromatic heterocycles. The molecule has 0 spiro atoms. The maximum Gasteiger partial charge on any atom is 0.322 e. The van der Waals surface area contributed by atoms with Crippen LogP contribution in [-0.2, 0) is 16.6 Å². The van der Waals surface area contributed by atoms with Crippen LogP contribution in [0.15, 0.2) is 12.3 Å². The summed E-state index contributed by atoms with van der Waals surface area (Å²) in [5.74, 6) is 0.845. The number of amides is 4. The van der Waals surface area contributed by atoms with Crippen LogP contribution in [0.1, 0.15) is 25.7 Å². The molecule has 0 aromatic carbocycles.